The van der Waals surface area contributed by atoms with Crippen molar-refractivity contribution in [1.29, 1.82) is 0 Å². The molecule has 0 aliphatic carbocycles. The lowest BCUT2D eigenvalue weighted by molar-refractivity contribution is 0.0691. The standard InChI is InChI=1S/C12H10N4O3/c1-19-8-4-2-3-7(5-8)10-14-12-13-9(11(17)18)6-16(12)15-10/h2-6H,1H3,(H,17,18)(H,13,14,15). The van der Waals surface area contributed by atoms with E-state index in [4.69, 9.17) is 9.84 Å². The highest BCUT2D eigenvalue weighted by atomic mass is 16.5. The van der Waals surface area contributed by atoms with Crippen molar-refractivity contribution < 1.29 is 14.6 Å². The van der Waals surface area contributed by atoms with Gasteiger partial charge in [0.2, 0.25) is 0 Å². The van der Waals surface area contributed by atoms with Crippen LogP contribution < -0.4 is 4.74 Å². The van der Waals surface area contributed by atoms with E-state index in [2.05, 4.69) is 15.1 Å². The molecule has 1 aromatic carbocycles. The van der Waals surface area contributed by atoms with E-state index < -0.39 is 5.97 Å². The van der Waals surface area contributed by atoms with E-state index in [0.717, 1.165) is 11.3 Å². The number of ether oxygens (including phenoxy) is 1. The average Bonchev–Trinajstić information content (AvgIpc) is 2.96. The lowest BCUT2D eigenvalue weighted by Crippen LogP contribution is -1.96. The van der Waals surface area contributed by atoms with Crippen LogP contribution in [0.5, 0.6) is 5.75 Å². The maximum atomic E-state index is 10.8. The van der Waals surface area contributed by atoms with Crippen molar-refractivity contribution in [3.8, 4) is 17.1 Å². The largest absolute Gasteiger partial charge is 0.497 e. The van der Waals surface area contributed by atoms with Gasteiger partial charge < -0.3 is 9.84 Å². The van der Waals surface area contributed by atoms with Crippen LogP contribution in [0.1, 0.15) is 10.5 Å². The van der Waals surface area contributed by atoms with Crippen molar-refractivity contribution in [2.45, 2.75) is 0 Å². The Morgan fingerprint density at radius 3 is 2.95 bits per heavy atom. The highest BCUT2D eigenvalue weighted by Crippen LogP contribution is 2.21. The van der Waals surface area contributed by atoms with E-state index in [0.29, 0.717) is 11.6 Å². The minimum absolute atomic E-state index is 0.0454. The fraction of sp³-hybridized carbons (Fsp3) is 0.0833. The number of benzene rings is 1. The summed E-state index contributed by atoms with van der Waals surface area (Å²) < 4.78 is 6.61. The molecule has 0 fully saturated rings. The zero-order chi connectivity index (χ0) is 13.4. The molecule has 0 saturated carbocycles. The summed E-state index contributed by atoms with van der Waals surface area (Å²) in [4.78, 5) is 18.9. The molecule has 0 unspecified atom stereocenters. The minimum Gasteiger partial charge on any atom is -0.497 e. The van der Waals surface area contributed by atoms with Gasteiger partial charge in [-0.3, -0.25) is 5.10 Å². The number of nitrogens with zero attached hydrogens (tertiary/aromatic N) is 3. The monoisotopic (exact) mass is 258 g/mol. The number of hydrogen-bond donors (Lipinski definition) is 2. The first kappa shape index (κ1) is 11.3. The summed E-state index contributed by atoms with van der Waals surface area (Å²) in [6.45, 7) is 0. The maximum absolute atomic E-state index is 10.8. The Labute approximate surface area is 107 Å². The van der Waals surface area contributed by atoms with Gasteiger partial charge in [-0.1, -0.05) is 12.1 Å². The molecule has 0 atom stereocenters. The molecule has 0 spiro atoms. The van der Waals surface area contributed by atoms with E-state index in [-0.39, 0.29) is 5.69 Å². The molecule has 0 aliphatic rings. The molecule has 2 N–H and O–H groups in total. The molecule has 3 aromatic rings. The normalized spacial score (nSPS) is 10.8. The van der Waals surface area contributed by atoms with E-state index >= 15 is 0 Å². The van der Waals surface area contributed by atoms with Gasteiger partial charge in [-0.15, -0.1) is 0 Å². The molecule has 7 nitrogen and oxygen atoms in total. The molecular formula is C12H10N4O3. The summed E-state index contributed by atoms with van der Waals surface area (Å²) >= 11 is 0. The molecule has 0 aliphatic heterocycles. The summed E-state index contributed by atoms with van der Waals surface area (Å²) in [6.07, 6.45) is 1.38. The number of methoxy groups -OCH3 is 1. The highest BCUT2D eigenvalue weighted by Gasteiger charge is 2.13. The number of rotatable bonds is 3. The third-order valence-corrected chi connectivity index (χ3v) is 2.69. The predicted molar refractivity (Wildman–Crippen MR) is 66.3 cm³/mol. The van der Waals surface area contributed by atoms with Gasteiger partial charge in [-0.2, -0.15) is 4.98 Å². The summed E-state index contributed by atoms with van der Waals surface area (Å²) in [5, 5.41) is 11.8. The molecule has 0 radical (unpaired) electrons. The van der Waals surface area contributed by atoms with Crippen LogP contribution in [0.4, 0.5) is 0 Å². The Bertz CT molecular complexity index is 728. The summed E-state index contributed by atoms with van der Waals surface area (Å²) in [5.41, 5.74) is 0.790. The lowest BCUT2D eigenvalue weighted by Gasteiger charge is -2.00. The first-order valence-corrected chi connectivity index (χ1v) is 5.50. The first-order chi connectivity index (χ1) is 9.17. The van der Waals surface area contributed by atoms with Crippen LogP contribution in [0.3, 0.4) is 0 Å². The van der Waals surface area contributed by atoms with E-state index in [1.165, 1.54) is 10.7 Å². The van der Waals surface area contributed by atoms with E-state index in [1.54, 1.807) is 7.11 Å². The third kappa shape index (κ3) is 1.90. The number of imidazole rings is 1. The number of nitrogens with one attached hydrogen (secondary N) is 1. The molecular weight excluding hydrogens is 248 g/mol. The molecule has 2 heterocycles. The van der Waals surface area contributed by atoms with Crippen molar-refractivity contribution in [3.05, 3.63) is 36.2 Å². The second kappa shape index (κ2) is 4.13. The van der Waals surface area contributed by atoms with Crippen LogP contribution in [0, 0.1) is 0 Å². The van der Waals surface area contributed by atoms with E-state index in [9.17, 15) is 4.79 Å². The number of aromatic nitrogens is 4. The number of H-pyrrole nitrogens is 1. The SMILES string of the molecule is COc1cccc(-c2nc3nc(C(=O)O)cn3[nH]2)c1. The topological polar surface area (TPSA) is 92.5 Å². The minimum atomic E-state index is -1.08. The number of carboxylic acid groups (broad SMARTS) is 1. The number of fused-ring (bicyclic) bond motifs is 1. The Morgan fingerprint density at radius 2 is 2.26 bits per heavy atom. The van der Waals surface area contributed by atoms with Crippen molar-refractivity contribution in [2.24, 2.45) is 0 Å². The van der Waals surface area contributed by atoms with Crippen LogP contribution in [0.15, 0.2) is 30.5 Å². The van der Waals surface area contributed by atoms with E-state index in [1.807, 2.05) is 24.3 Å². The molecule has 0 bridgehead atoms. The van der Waals surface area contributed by atoms with Gasteiger partial charge in [0.1, 0.15) is 5.75 Å². The van der Waals surface area contributed by atoms with Gasteiger partial charge in [0.05, 0.1) is 13.3 Å². The molecule has 3 rings (SSSR count). The molecule has 19 heavy (non-hydrogen) atoms. The molecule has 2 aromatic heterocycles. The molecule has 7 heteroatoms. The van der Waals surface area contributed by atoms with Gasteiger partial charge >= 0.3 is 5.97 Å². The smallest absolute Gasteiger partial charge is 0.356 e. The Kier molecular flexibility index (Phi) is 2.45. The van der Waals surface area contributed by atoms with Crippen molar-refractivity contribution >= 4 is 11.7 Å². The Morgan fingerprint density at radius 1 is 1.42 bits per heavy atom. The molecule has 96 valence electrons. The number of hydrogen-bond acceptors (Lipinski definition) is 4. The van der Waals surface area contributed by atoms with Crippen molar-refractivity contribution in [3.63, 3.8) is 0 Å². The number of carboxylic acids is 1. The van der Waals surface area contributed by atoms with Crippen LogP contribution in [0.25, 0.3) is 17.2 Å². The van der Waals surface area contributed by atoms with Crippen LogP contribution >= 0.6 is 0 Å². The van der Waals surface area contributed by atoms with Crippen LogP contribution in [0.2, 0.25) is 0 Å². The summed E-state index contributed by atoms with van der Waals surface area (Å²) in [7, 11) is 1.59. The average molecular weight is 258 g/mol. The second-order valence-corrected chi connectivity index (χ2v) is 3.91. The van der Waals surface area contributed by atoms with Crippen LogP contribution in [-0.4, -0.2) is 37.8 Å². The second-order valence-electron chi connectivity index (χ2n) is 3.91. The fourth-order valence-electron chi connectivity index (χ4n) is 1.77. The Balaban J connectivity index is 2.05. The summed E-state index contributed by atoms with van der Waals surface area (Å²) in [6, 6.07) is 7.39. The molecule has 0 amide bonds. The van der Waals surface area contributed by atoms with Gasteiger partial charge in [-0.05, 0) is 12.1 Å². The predicted octanol–water partition coefficient (Wildman–Crippen LogP) is 1.43. The maximum Gasteiger partial charge on any atom is 0.356 e. The van der Waals surface area contributed by atoms with Gasteiger partial charge in [0, 0.05) is 5.56 Å². The van der Waals surface area contributed by atoms with Gasteiger partial charge in [0.15, 0.2) is 11.5 Å². The zero-order valence-electron chi connectivity index (χ0n) is 9.99. The quantitative estimate of drug-likeness (QED) is 0.741. The molecule has 0 saturated heterocycles. The zero-order valence-corrected chi connectivity index (χ0v) is 9.99. The number of aromatic amines is 1. The number of aromatic carboxylic acids is 1. The summed E-state index contributed by atoms with van der Waals surface area (Å²) in [5.74, 6) is 0.549. The highest BCUT2D eigenvalue weighted by molar-refractivity contribution is 5.85. The van der Waals surface area contributed by atoms with Gasteiger partial charge in [0.25, 0.3) is 5.78 Å². The van der Waals surface area contributed by atoms with Crippen molar-refractivity contribution in [1.82, 2.24) is 19.6 Å². The van der Waals surface area contributed by atoms with Crippen molar-refractivity contribution in [2.75, 3.05) is 7.11 Å². The third-order valence-electron chi connectivity index (χ3n) is 2.69. The fourth-order valence-corrected chi connectivity index (χ4v) is 1.77. The van der Waals surface area contributed by atoms with Crippen LogP contribution in [-0.2, 0) is 0 Å². The first-order valence-electron chi connectivity index (χ1n) is 5.50. The lowest BCUT2D eigenvalue weighted by atomic mass is 10.2. The Hall–Kier alpha value is -2.83. The number of carbonyl (C=O) groups is 1. The van der Waals surface area contributed by atoms with Gasteiger partial charge in [-0.25, -0.2) is 14.3 Å².